The molecule has 0 bridgehead atoms. The minimum atomic E-state index is -0.417. The Morgan fingerprint density at radius 2 is 1.88 bits per heavy atom. The molecule has 5 nitrogen and oxygen atoms in total. The quantitative estimate of drug-likeness (QED) is 0.484. The summed E-state index contributed by atoms with van der Waals surface area (Å²) in [4.78, 5) is 23.0. The number of amides is 1. The second kappa shape index (κ2) is 8.89. The summed E-state index contributed by atoms with van der Waals surface area (Å²) in [6.45, 7) is 2.01. The zero-order valence-corrected chi connectivity index (χ0v) is 17.9. The van der Waals surface area contributed by atoms with Crippen LogP contribution in [0.3, 0.4) is 0 Å². The van der Waals surface area contributed by atoms with Gasteiger partial charge in [-0.15, -0.1) is 0 Å². The summed E-state index contributed by atoms with van der Waals surface area (Å²) < 4.78 is 0. The zero-order valence-electron chi connectivity index (χ0n) is 17.9. The van der Waals surface area contributed by atoms with Crippen molar-refractivity contribution in [3.05, 3.63) is 95.8 Å². The van der Waals surface area contributed by atoms with Crippen LogP contribution >= 0.6 is 0 Å². The molecule has 1 aliphatic heterocycles. The Kier molecular flexibility index (Phi) is 5.65. The summed E-state index contributed by atoms with van der Waals surface area (Å²) >= 11 is 0. The molecular formula is C27H26N4O. The lowest BCUT2D eigenvalue weighted by Crippen LogP contribution is -2.33. The van der Waals surface area contributed by atoms with Gasteiger partial charge in [0.1, 0.15) is 0 Å². The average Bonchev–Trinajstić information content (AvgIpc) is 2.84. The Bertz CT molecular complexity index is 1230. The molecule has 3 heterocycles. The number of carbonyl (C=O) groups excluding carboxylic acids is 1. The number of likely N-dealkylation sites (tertiary alicyclic amines) is 1. The SMILES string of the molecule is NC(=O)c1ccc(-c2ccc(C3CCCCN3Cc3ccc4ncccc4c3)cn2)cc1. The number of hydrogen-bond donors (Lipinski definition) is 1. The highest BCUT2D eigenvalue weighted by molar-refractivity contribution is 5.93. The van der Waals surface area contributed by atoms with Crippen molar-refractivity contribution in [2.45, 2.75) is 31.8 Å². The Balaban J connectivity index is 1.35. The van der Waals surface area contributed by atoms with Gasteiger partial charge in [-0.3, -0.25) is 19.7 Å². The number of piperidine rings is 1. The molecule has 160 valence electrons. The average molecular weight is 423 g/mol. The van der Waals surface area contributed by atoms with E-state index in [-0.39, 0.29) is 0 Å². The van der Waals surface area contributed by atoms with Crippen molar-refractivity contribution in [2.75, 3.05) is 6.54 Å². The number of nitrogens with zero attached hydrogens (tertiary/aromatic N) is 3. The lowest BCUT2D eigenvalue weighted by Gasteiger charge is -2.36. The van der Waals surface area contributed by atoms with Crippen LogP contribution in [-0.4, -0.2) is 27.3 Å². The minimum absolute atomic E-state index is 0.368. The molecule has 32 heavy (non-hydrogen) atoms. The number of benzene rings is 2. The molecule has 2 aromatic heterocycles. The lowest BCUT2D eigenvalue weighted by atomic mass is 9.95. The number of fused-ring (bicyclic) bond motifs is 1. The van der Waals surface area contributed by atoms with Crippen LogP contribution in [0.15, 0.2) is 79.1 Å². The van der Waals surface area contributed by atoms with Crippen LogP contribution in [0.1, 0.15) is 46.8 Å². The fourth-order valence-electron chi connectivity index (χ4n) is 4.59. The maximum atomic E-state index is 11.3. The number of nitrogens with two attached hydrogens (primary N) is 1. The zero-order chi connectivity index (χ0) is 21.9. The standard InChI is InChI=1S/C27H26N4O/c28-27(32)21-9-7-20(8-10-21)24-13-11-23(17-30-24)26-5-1-2-15-31(26)18-19-6-12-25-22(16-19)4-3-14-29-25/h3-4,6-14,16-17,26H,1-2,5,15,18H2,(H2,28,32). The van der Waals surface area contributed by atoms with Crippen LogP contribution in [-0.2, 0) is 6.54 Å². The molecule has 0 spiro atoms. The molecule has 0 saturated carbocycles. The number of primary amides is 1. The van der Waals surface area contributed by atoms with Crippen LogP contribution in [0.25, 0.3) is 22.2 Å². The van der Waals surface area contributed by atoms with Gasteiger partial charge in [0, 0.05) is 41.5 Å². The van der Waals surface area contributed by atoms with Gasteiger partial charge >= 0.3 is 0 Å². The maximum absolute atomic E-state index is 11.3. The van der Waals surface area contributed by atoms with Gasteiger partial charge in [0.05, 0.1) is 11.2 Å². The summed E-state index contributed by atoms with van der Waals surface area (Å²) in [5.74, 6) is -0.417. The number of rotatable bonds is 5. The maximum Gasteiger partial charge on any atom is 0.248 e. The van der Waals surface area contributed by atoms with E-state index < -0.39 is 5.91 Å². The van der Waals surface area contributed by atoms with Crippen LogP contribution in [0.2, 0.25) is 0 Å². The van der Waals surface area contributed by atoms with Crippen LogP contribution in [0.5, 0.6) is 0 Å². The lowest BCUT2D eigenvalue weighted by molar-refractivity contribution is 0.100. The summed E-state index contributed by atoms with van der Waals surface area (Å²) in [6.07, 6.45) is 7.45. The molecule has 2 N–H and O–H groups in total. The van der Waals surface area contributed by atoms with Gasteiger partial charge < -0.3 is 5.73 Å². The van der Waals surface area contributed by atoms with E-state index in [9.17, 15) is 4.79 Å². The van der Waals surface area contributed by atoms with Gasteiger partial charge in [-0.1, -0.05) is 36.8 Å². The second-order valence-electron chi connectivity index (χ2n) is 8.43. The van der Waals surface area contributed by atoms with E-state index in [4.69, 9.17) is 10.7 Å². The van der Waals surface area contributed by atoms with E-state index in [0.717, 1.165) is 36.3 Å². The third-order valence-electron chi connectivity index (χ3n) is 6.30. The minimum Gasteiger partial charge on any atom is -0.366 e. The van der Waals surface area contributed by atoms with Crippen molar-refractivity contribution < 1.29 is 4.79 Å². The first-order valence-corrected chi connectivity index (χ1v) is 11.1. The highest BCUT2D eigenvalue weighted by Crippen LogP contribution is 2.33. The van der Waals surface area contributed by atoms with E-state index in [1.807, 2.05) is 30.6 Å². The monoisotopic (exact) mass is 422 g/mol. The van der Waals surface area contributed by atoms with Gasteiger partial charge in [0.2, 0.25) is 5.91 Å². The Morgan fingerprint density at radius 1 is 1.00 bits per heavy atom. The smallest absolute Gasteiger partial charge is 0.248 e. The van der Waals surface area contributed by atoms with Gasteiger partial charge in [0.15, 0.2) is 0 Å². The Morgan fingerprint density at radius 3 is 2.66 bits per heavy atom. The fraction of sp³-hybridized carbons (Fsp3) is 0.222. The molecular weight excluding hydrogens is 396 g/mol. The largest absolute Gasteiger partial charge is 0.366 e. The van der Waals surface area contributed by atoms with Crippen molar-refractivity contribution in [2.24, 2.45) is 5.73 Å². The van der Waals surface area contributed by atoms with Crippen LogP contribution in [0.4, 0.5) is 0 Å². The molecule has 5 heteroatoms. The molecule has 1 aliphatic rings. The van der Waals surface area contributed by atoms with Crippen molar-refractivity contribution in [3.8, 4) is 11.3 Å². The number of carbonyl (C=O) groups is 1. The van der Waals surface area contributed by atoms with Crippen molar-refractivity contribution in [3.63, 3.8) is 0 Å². The molecule has 4 aromatic rings. The van der Waals surface area contributed by atoms with Crippen molar-refractivity contribution >= 4 is 16.8 Å². The van der Waals surface area contributed by atoms with E-state index >= 15 is 0 Å². The number of pyridine rings is 2. The van der Waals surface area contributed by atoms with E-state index in [0.29, 0.717) is 11.6 Å². The molecule has 1 unspecified atom stereocenters. The Hall–Kier alpha value is -3.57. The van der Waals surface area contributed by atoms with Crippen LogP contribution in [0, 0.1) is 0 Å². The molecule has 2 aromatic carbocycles. The van der Waals surface area contributed by atoms with Crippen LogP contribution < -0.4 is 5.73 Å². The summed E-state index contributed by atoms with van der Waals surface area (Å²) in [6, 6.07) is 22.6. The van der Waals surface area contributed by atoms with Crippen molar-refractivity contribution in [1.82, 2.24) is 14.9 Å². The third-order valence-corrected chi connectivity index (χ3v) is 6.30. The molecule has 0 radical (unpaired) electrons. The van der Waals surface area contributed by atoms with Gasteiger partial charge in [-0.25, -0.2) is 0 Å². The Labute approximate surface area is 187 Å². The van der Waals surface area contributed by atoms with E-state index in [2.05, 4.69) is 46.3 Å². The highest BCUT2D eigenvalue weighted by Gasteiger charge is 2.24. The first-order chi connectivity index (χ1) is 15.7. The first-order valence-electron chi connectivity index (χ1n) is 11.1. The summed E-state index contributed by atoms with van der Waals surface area (Å²) in [5.41, 5.74) is 11.3. The fourth-order valence-corrected chi connectivity index (χ4v) is 4.59. The molecule has 1 fully saturated rings. The van der Waals surface area contributed by atoms with Gasteiger partial charge in [-0.2, -0.15) is 0 Å². The normalized spacial score (nSPS) is 16.8. The van der Waals surface area contributed by atoms with Crippen molar-refractivity contribution in [1.29, 1.82) is 0 Å². The molecule has 0 aliphatic carbocycles. The second-order valence-corrected chi connectivity index (χ2v) is 8.43. The summed E-state index contributed by atoms with van der Waals surface area (Å²) in [5, 5.41) is 1.19. The van der Waals surface area contributed by atoms with Gasteiger partial charge in [0.25, 0.3) is 0 Å². The highest BCUT2D eigenvalue weighted by atomic mass is 16.1. The molecule has 1 amide bonds. The number of aromatic nitrogens is 2. The molecule has 1 atom stereocenters. The predicted molar refractivity (Wildman–Crippen MR) is 127 cm³/mol. The molecule has 1 saturated heterocycles. The molecule has 5 rings (SSSR count). The van der Waals surface area contributed by atoms with E-state index in [1.54, 1.807) is 12.1 Å². The first kappa shape index (κ1) is 20.3. The predicted octanol–water partition coefficient (Wildman–Crippen LogP) is 5.12. The third kappa shape index (κ3) is 4.25. The van der Waals surface area contributed by atoms with E-state index in [1.165, 1.54) is 29.4 Å². The summed E-state index contributed by atoms with van der Waals surface area (Å²) in [7, 11) is 0. The number of hydrogen-bond acceptors (Lipinski definition) is 4. The van der Waals surface area contributed by atoms with Gasteiger partial charge in [-0.05, 0) is 66.9 Å². The topological polar surface area (TPSA) is 72.1 Å².